The number of unbranched alkanes of at least 4 members (excludes halogenated alkanes) is 1. The second-order valence-electron chi connectivity index (χ2n) is 9.86. The molecule has 6 atom stereocenters. The summed E-state index contributed by atoms with van der Waals surface area (Å²) in [5.41, 5.74) is 3.75. The van der Waals surface area contributed by atoms with Crippen LogP contribution in [0.25, 0.3) is 0 Å². The average Bonchev–Trinajstić information content (AvgIpc) is 3.01. The van der Waals surface area contributed by atoms with E-state index in [4.69, 9.17) is 5.11 Å². The summed E-state index contributed by atoms with van der Waals surface area (Å²) < 4.78 is 0. The summed E-state index contributed by atoms with van der Waals surface area (Å²) in [6.45, 7) is 9.30. The Morgan fingerprint density at radius 1 is 1.21 bits per heavy atom. The fourth-order valence-electron chi connectivity index (χ4n) is 6.46. The topological polar surface area (TPSA) is 60.7 Å². The van der Waals surface area contributed by atoms with E-state index in [-0.39, 0.29) is 0 Å². The highest BCUT2D eigenvalue weighted by molar-refractivity contribution is 5.38. The van der Waals surface area contributed by atoms with E-state index in [0.717, 1.165) is 35.8 Å². The summed E-state index contributed by atoms with van der Waals surface area (Å²) in [6.07, 6.45) is 14.0. The van der Waals surface area contributed by atoms with E-state index in [2.05, 4.69) is 32.6 Å². The first-order valence-corrected chi connectivity index (χ1v) is 11.4. The van der Waals surface area contributed by atoms with Crippen molar-refractivity contribution in [3.8, 4) is 0 Å². The van der Waals surface area contributed by atoms with Gasteiger partial charge in [-0.2, -0.15) is 0 Å². The number of fused-ring (bicyclic) bond motifs is 1. The van der Waals surface area contributed by atoms with Gasteiger partial charge in [0, 0.05) is 13.0 Å². The molecule has 28 heavy (non-hydrogen) atoms. The normalized spacial score (nSPS) is 40.1. The molecule has 0 radical (unpaired) electrons. The first-order valence-electron chi connectivity index (χ1n) is 11.4. The van der Waals surface area contributed by atoms with Gasteiger partial charge >= 0.3 is 0 Å². The van der Waals surface area contributed by atoms with Gasteiger partial charge in [0.1, 0.15) is 0 Å². The number of rotatable bonds is 6. The molecule has 3 N–H and O–H groups in total. The van der Waals surface area contributed by atoms with Crippen LogP contribution in [0.5, 0.6) is 0 Å². The highest BCUT2D eigenvalue weighted by atomic mass is 16.3. The summed E-state index contributed by atoms with van der Waals surface area (Å²) in [5, 5.41) is 29.2. The van der Waals surface area contributed by atoms with E-state index in [1.54, 1.807) is 5.57 Å². The first-order chi connectivity index (χ1) is 13.4. The van der Waals surface area contributed by atoms with E-state index in [9.17, 15) is 10.2 Å². The second kappa shape index (κ2) is 9.28. The van der Waals surface area contributed by atoms with Gasteiger partial charge in [0.05, 0.1) is 12.2 Å². The van der Waals surface area contributed by atoms with Crippen LogP contribution in [-0.4, -0.2) is 34.1 Å². The molecular weight excluding hydrogens is 348 g/mol. The maximum Gasteiger partial charge on any atom is 0.0811 e. The van der Waals surface area contributed by atoms with Gasteiger partial charge in [-0.1, -0.05) is 51.0 Å². The highest BCUT2D eigenvalue weighted by Gasteiger charge is 2.50. The van der Waals surface area contributed by atoms with Crippen molar-refractivity contribution >= 4 is 0 Å². The van der Waals surface area contributed by atoms with Gasteiger partial charge in [-0.15, -0.1) is 0 Å². The van der Waals surface area contributed by atoms with Gasteiger partial charge in [-0.25, -0.2) is 0 Å². The minimum absolute atomic E-state index is 0.313. The molecule has 0 heterocycles. The lowest BCUT2D eigenvalue weighted by molar-refractivity contribution is 0.0861. The van der Waals surface area contributed by atoms with Crippen molar-refractivity contribution < 1.29 is 15.3 Å². The van der Waals surface area contributed by atoms with Crippen LogP contribution >= 0.6 is 0 Å². The lowest BCUT2D eigenvalue weighted by atomic mass is 9.60. The Morgan fingerprint density at radius 2 is 2.00 bits per heavy atom. The molecule has 3 fully saturated rings. The Morgan fingerprint density at radius 3 is 2.75 bits per heavy atom. The fraction of sp³-hybridized carbons (Fsp3) is 0.760. The maximum atomic E-state index is 10.1. The molecule has 3 rings (SSSR count). The molecule has 0 aromatic carbocycles. The maximum absolute atomic E-state index is 10.1. The quantitative estimate of drug-likeness (QED) is 0.566. The number of hydrogen-bond donors (Lipinski definition) is 3. The Balaban J connectivity index is 1.74. The molecule has 0 amide bonds. The van der Waals surface area contributed by atoms with Crippen LogP contribution in [-0.2, 0) is 0 Å². The van der Waals surface area contributed by atoms with E-state index in [1.165, 1.54) is 38.5 Å². The zero-order valence-electron chi connectivity index (χ0n) is 17.9. The third-order valence-electron chi connectivity index (χ3n) is 8.06. The first kappa shape index (κ1) is 21.8. The minimum Gasteiger partial charge on any atom is -0.396 e. The van der Waals surface area contributed by atoms with Crippen LogP contribution in [0.1, 0.15) is 78.1 Å². The zero-order valence-corrected chi connectivity index (χ0v) is 17.9. The largest absolute Gasteiger partial charge is 0.396 e. The predicted octanol–water partition coefficient (Wildman–Crippen LogP) is 4.93. The molecule has 0 aliphatic heterocycles. The van der Waals surface area contributed by atoms with Crippen molar-refractivity contribution in [3.63, 3.8) is 0 Å². The van der Waals surface area contributed by atoms with Crippen LogP contribution in [0, 0.1) is 23.2 Å². The molecule has 0 bridgehead atoms. The molecule has 3 aliphatic rings. The van der Waals surface area contributed by atoms with E-state index < -0.39 is 12.2 Å². The van der Waals surface area contributed by atoms with Gasteiger partial charge in [0.15, 0.2) is 0 Å². The van der Waals surface area contributed by atoms with Crippen LogP contribution < -0.4 is 0 Å². The Bertz CT molecular complexity index is 619. The fourth-order valence-corrected chi connectivity index (χ4v) is 6.46. The summed E-state index contributed by atoms with van der Waals surface area (Å²) in [5.74, 6) is 2.17. The molecule has 0 saturated heterocycles. The summed E-state index contributed by atoms with van der Waals surface area (Å²) in [6, 6.07) is 0. The van der Waals surface area contributed by atoms with Crippen molar-refractivity contribution in [2.24, 2.45) is 23.2 Å². The number of hydrogen-bond acceptors (Lipinski definition) is 3. The van der Waals surface area contributed by atoms with Gasteiger partial charge in [-0.3, -0.25) is 0 Å². The standard InChI is InChI=1S/C25H40O3/c1-17(7-4-5-14-26)22-11-12-23-19(8-6-13-25(22,23)3)9-10-20-15-21(27)16-24(28)18(20)2/h9-10,17,21-24,26-28H,2,4-8,11-16H2,1,3H3/b19-9+,20-10-/t17-,21-,22-,23+,24+,25-/m1/s1. The SMILES string of the molecule is C=C1/C(=C\C=C2/CCC[C@]3(C)[C@@H]([C@H](C)CCCCO)CC[C@@H]23)C[C@@H](O)C[C@@H]1O. The van der Waals surface area contributed by atoms with Gasteiger partial charge in [-0.05, 0) is 79.3 Å². The molecular formula is C25H40O3. The lowest BCUT2D eigenvalue weighted by Gasteiger charge is -2.44. The zero-order chi connectivity index (χ0) is 20.3. The number of aliphatic hydroxyl groups excluding tert-OH is 3. The van der Waals surface area contributed by atoms with Crippen molar-refractivity contribution in [3.05, 3.63) is 35.5 Å². The molecule has 3 nitrogen and oxygen atoms in total. The van der Waals surface area contributed by atoms with Crippen molar-refractivity contribution in [1.82, 2.24) is 0 Å². The van der Waals surface area contributed by atoms with Crippen molar-refractivity contribution in [2.45, 2.75) is 90.3 Å². The lowest BCUT2D eigenvalue weighted by Crippen LogP contribution is -2.36. The van der Waals surface area contributed by atoms with Gasteiger partial charge in [0.2, 0.25) is 0 Å². The molecule has 0 unspecified atom stereocenters. The summed E-state index contributed by atoms with van der Waals surface area (Å²) in [4.78, 5) is 0. The third kappa shape index (κ3) is 4.47. The average molecular weight is 389 g/mol. The monoisotopic (exact) mass is 388 g/mol. The van der Waals surface area contributed by atoms with Gasteiger partial charge in [0.25, 0.3) is 0 Å². The second-order valence-corrected chi connectivity index (χ2v) is 9.86. The summed E-state index contributed by atoms with van der Waals surface area (Å²) in [7, 11) is 0. The number of allylic oxidation sites excluding steroid dienone is 3. The van der Waals surface area contributed by atoms with E-state index >= 15 is 0 Å². The Hall–Kier alpha value is -0.900. The molecule has 3 heteroatoms. The van der Waals surface area contributed by atoms with Crippen LogP contribution in [0.15, 0.2) is 35.5 Å². The molecule has 158 valence electrons. The van der Waals surface area contributed by atoms with E-state index in [0.29, 0.717) is 30.8 Å². The Labute approximate surface area is 171 Å². The molecule has 0 aromatic rings. The Kier molecular flexibility index (Phi) is 7.22. The predicted molar refractivity (Wildman–Crippen MR) is 115 cm³/mol. The molecule has 3 aliphatic carbocycles. The highest BCUT2D eigenvalue weighted by Crippen LogP contribution is 2.59. The van der Waals surface area contributed by atoms with Crippen molar-refractivity contribution in [1.29, 1.82) is 0 Å². The smallest absolute Gasteiger partial charge is 0.0811 e. The number of aliphatic hydroxyl groups is 3. The third-order valence-corrected chi connectivity index (χ3v) is 8.06. The van der Waals surface area contributed by atoms with Crippen molar-refractivity contribution in [2.75, 3.05) is 6.61 Å². The van der Waals surface area contributed by atoms with Crippen LogP contribution in [0.2, 0.25) is 0 Å². The molecule has 0 aromatic heterocycles. The van der Waals surface area contributed by atoms with Crippen LogP contribution in [0.3, 0.4) is 0 Å². The van der Waals surface area contributed by atoms with E-state index in [1.807, 2.05) is 0 Å². The minimum atomic E-state index is -0.611. The van der Waals surface area contributed by atoms with Crippen LogP contribution in [0.4, 0.5) is 0 Å². The molecule has 0 spiro atoms. The summed E-state index contributed by atoms with van der Waals surface area (Å²) >= 11 is 0. The van der Waals surface area contributed by atoms with Gasteiger partial charge < -0.3 is 15.3 Å². The molecule has 3 saturated carbocycles.